The first-order valence-corrected chi connectivity index (χ1v) is 11.2. The fourth-order valence-electron chi connectivity index (χ4n) is 3.64. The average molecular weight is 481 g/mol. The van der Waals surface area contributed by atoms with Gasteiger partial charge in [0, 0.05) is 16.9 Å². The van der Waals surface area contributed by atoms with Crippen LogP contribution in [0.1, 0.15) is 26.3 Å². The van der Waals surface area contributed by atoms with Crippen LogP contribution in [-0.2, 0) is 16.0 Å². The Kier molecular flexibility index (Phi) is 7.41. The van der Waals surface area contributed by atoms with E-state index in [0.29, 0.717) is 16.9 Å². The summed E-state index contributed by atoms with van der Waals surface area (Å²) in [6.45, 7) is 0. The molecule has 0 aromatic heterocycles. The van der Waals surface area contributed by atoms with E-state index < -0.39 is 11.9 Å². The van der Waals surface area contributed by atoms with Crippen LogP contribution in [0, 0.1) is 0 Å². The summed E-state index contributed by atoms with van der Waals surface area (Å²) in [5, 5.41) is 15.1. The van der Waals surface area contributed by atoms with Crippen LogP contribution in [0.4, 0.5) is 11.4 Å². The zero-order chi connectivity index (χ0) is 25.5. The molecule has 2 amide bonds. The summed E-state index contributed by atoms with van der Waals surface area (Å²) in [5.74, 6) is -0.896. The quantitative estimate of drug-likeness (QED) is 0.312. The van der Waals surface area contributed by atoms with Crippen LogP contribution in [0.3, 0.4) is 0 Å². The molecule has 0 aliphatic carbocycles. The van der Waals surface area contributed by atoms with E-state index in [1.54, 1.807) is 54.6 Å². The molecule has 0 heterocycles. The van der Waals surface area contributed by atoms with E-state index in [-0.39, 0.29) is 23.6 Å². The third-order valence-corrected chi connectivity index (χ3v) is 5.47. The number of aromatic hydroxyl groups is 1. The summed E-state index contributed by atoms with van der Waals surface area (Å²) in [7, 11) is 1.28. The van der Waals surface area contributed by atoms with Gasteiger partial charge < -0.3 is 20.5 Å². The molecule has 0 aliphatic heterocycles. The van der Waals surface area contributed by atoms with Crippen molar-refractivity contribution in [3.63, 3.8) is 0 Å². The molecule has 0 fully saturated rings. The fourth-order valence-corrected chi connectivity index (χ4v) is 3.64. The van der Waals surface area contributed by atoms with Crippen molar-refractivity contribution in [2.45, 2.75) is 6.42 Å². The smallest absolute Gasteiger partial charge is 0.337 e. The van der Waals surface area contributed by atoms with Crippen molar-refractivity contribution in [3.8, 4) is 16.9 Å². The zero-order valence-electron chi connectivity index (χ0n) is 19.5. The number of benzene rings is 4. The summed E-state index contributed by atoms with van der Waals surface area (Å²) in [6.07, 6.45) is 0.187. The van der Waals surface area contributed by atoms with Crippen LogP contribution in [0.25, 0.3) is 11.1 Å². The van der Waals surface area contributed by atoms with Gasteiger partial charge in [0.2, 0.25) is 5.91 Å². The maximum absolute atomic E-state index is 12.6. The number of hydrogen-bond donors (Lipinski definition) is 3. The van der Waals surface area contributed by atoms with E-state index in [1.165, 1.54) is 13.2 Å². The van der Waals surface area contributed by atoms with Crippen LogP contribution < -0.4 is 10.6 Å². The summed E-state index contributed by atoms with van der Waals surface area (Å²) in [6, 6.07) is 27.6. The summed E-state index contributed by atoms with van der Waals surface area (Å²) in [5.41, 5.74) is 4.44. The second-order valence-corrected chi connectivity index (χ2v) is 8.08. The lowest BCUT2D eigenvalue weighted by molar-refractivity contribution is -0.115. The minimum atomic E-state index is -0.524. The Labute approximate surface area is 208 Å². The fraction of sp³-hybridized carbons (Fsp3) is 0.0690. The minimum absolute atomic E-state index is 0.187. The van der Waals surface area contributed by atoms with Crippen molar-refractivity contribution in [3.05, 3.63) is 114 Å². The Morgan fingerprint density at radius 1 is 0.722 bits per heavy atom. The maximum atomic E-state index is 12.6. The number of anilines is 2. The maximum Gasteiger partial charge on any atom is 0.337 e. The molecule has 36 heavy (non-hydrogen) atoms. The lowest BCUT2D eigenvalue weighted by Gasteiger charge is -2.10. The molecule has 0 aliphatic rings. The molecule has 3 N–H and O–H groups in total. The number of ether oxygens (including phenoxy) is 1. The predicted octanol–water partition coefficient (Wildman–Crippen LogP) is 5.28. The number of esters is 1. The Bertz CT molecular complexity index is 1400. The van der Waals surface area contributed by atoms with Crippen LogP contribution >= 0.6 is 0 Å². The number of methoxy groups -OCH3 is 1. The number of hydrogen-bond acceptors (Lipinski definition) is 5. The molecule has 4 aromatic carbocycles. The van der Waals surface area contributed by atoms with E-state index in [4.69, 9.17) is 4.74 Å². The molecule has 0 atom stereocenters. The van der Waals surface area contributed by atoms with Crippen molar-refractivity contribution in [1.82, 2.24) is 0 Å². The number of phenolic OH excluding ortho intramolecular Hbond substituents is 1. The van der Waals surface area contributed by atoms with Gasteiger partial charge in [-0.1, -0.05) is 48.5 Å². The molecule has 7 heteroatoms. The highest BCUT2D eigenvalue weighted by Crippen LogP contribution is 2.23. The molecule has 0 spiro atoms. The van der Waals surface area contributed by atoms with Crippen LogP contribution in [0.5, 0.6) is 5.75 Å². The second-order valence-electron chi connectivity index (χ2n) is 8.08. The molecular weight excluding hydrogens is 456 g/mol. The first kappa shape index (κ1) is 24.2. The lowest BCUT2D eigenvalue weighted by atomic mass is 10.0. The van der Waals surface area contributed by atoms with Crippen LogP contribution in [0.2, 0.25) is 0 Å². The van der Waals surface area contributed by atoms with Crippen molar-refractivity contribution in [2.24, 2.45) is 0 Å². The highest BCUT2D eigenvalue weighted by Gasteiger charge is 2.12. The Balaban J connectivity index is 1.37. The van der Waals surface area contributed by atoms with E-state index in [0.717, 1.165) is 16.7 Å². The van der Waals surface area contributed by atoms with E-state index in [1.807, 2.05) is 36.4 Å². The molecule has 0 radical (unpaired) electrons. The van der Waals surface area contributed by atoms with Gasteiger partial charge in [0.1, 0.15) is 5.75 Å². The van der Waals surface area contributed by atoms with E-state index in [9.17, 15) is 19.5 Å². The third kappa shape index (κ3) is 6.15. The first-order chi connectivity index (χ1) is 17.4. The monoisotopic (exact) mass is 480 g/mol. The number of amides is 2. The van der Waals surface area contributed by atoms with Gasteiger partial charge in [-0.15, -0.1) is 0 Å². The first-order valence-electron chi connectivity index (χ1n) is 11.2. The van der Waals surface area contributed by atoms with Gasteiger partial charge >= 0.3 is 5.97 Å². The average Bonchev–Trinajstić information content (AvgIpc) is 2.89. The molecule has 4 aromatic rings. The number of carbonyl (C=O) groups is 3. The number of rotatable bonds is 7. The van der Waals surface area contributed by atoms with Crippen molar-refractivity contribution in [2.75, 3.05) is 17.7 Å². The van der Waals surface area contributed by atoms with Gasteiger partial charge in [-0.3, -0.25) is 9.59 Å². The van der Waals surface area contributed by atoms with Crippen LogP contribution in [-0.4, -0.2) is 30.0 Å². The summed E-state index contributed by atoms with van der Waals surface area (Å²) < 4.78 is 4.70. The molecule has 4 rings (SSSR count). The third-order valence-electron chi connectivity index (χ3n) is 5.47. The molecule has 0 bridgehead atoms. The SMILES string of the molecule is COC(=O)c1cccc(C(=O)Nc2cccc(NC(=O)Cc3ccc(-c4ccc(O)cc4)cc3)c2)c1. The van der Waals surface area contributed by atoms with E-state index in [2.05, 4.69) is 10.6 Å². The van der Waals surface area contributed by atoms with Crippen molar-refractivity contribution < 1.29 is 24.2 Å². The second kappa shape index (κ2) is 11.0. The zero-order valence-corrected chi connectivity index (χ0v) is 19.5. The molecule has 0 unspecified atom stereocenters. The molecular formula is C29H24N2O5. The van der Waals surface area contributed by atoms with Gasteiger partial charge in [-0.25, -0.2) is 4.79 Å². The largest absolute Gasteiger partial charge is 0.508 e. The standard InChI is InChI=1S/C29H24N2O5/c1-36-29(35)23-5-2-4-22(17-23)28(34)31-25-7-3-6-24(18-25)30-27(33)16-19-8-10-20(11-9-19)21-12-14-26(32)15-13-21/h2-15,17-18,32H,16H2,1H3,(H,30,33)(H,31,34). The molecule has 0 saturated heterocycles. The molecule has 180 valence electrons. The van der Waals surface area contributed by atoms with Gasteiger partial charge in [0.25, 0.3) is 5.91 Å². The highest BCUT2D eigenvalue weighted by atomic mass is 16.5. The van der Waals surface area contributed by atoms with Crippen molar-refractivity contribution in [1.29, 1.82) is 0 Å². The number of carbonyl (C=O) groups excluding carboxylic acids is 3. The topological polar surface area (TPSA) is 105 Å². The van der Waals surface area contributed by atoms with Crippen LogP contribution in [0.15, 0.2) is 97.1 Å². The Morgan fingerprint density at radius 3 is 1.97 bits per heavy atom. The number of nitrogens with one attached hydrogen (secondary N) is 2. The minimum Gasteiger partial charge on any atom is -0.508 e. The normalized spacial score (nSPS) is 10.4. The van der Waals surface area contributed by atoms with Gasteiger partial charge in [0.15, 0.2) is 0 Å². The van der Waals surface area contributed by atoms with E-state index >= 15 is 0 Å². The lowest BCUT2D eigenvalue weighted by Crippen LogP contribution is -2.15. The number of phenols is 1. The van der Waals surface area contributed by atoms with Gasteiger partial charge in [-0.2, -0.15) is 0 Å². The molecule has 7 nitrogen and oxygen atoms in total. The Hall–Kier alpha value is -4.91. The Morgan fingerprint density at radius 2 is 1.31 bits per heavy atom. The summed E-state index contributed by atoms with van der Waals surface area (Å²) >= 11 is 0. The summed E-state index contributed by atoms with van der Waals surface area (Å²) in [4.78, 5) is 36.9. The molecule has 0 saturated carbocycles. The van der Waals surface area contributed by atoms with Gasteiger partial charge in [-0.05, 0) is 65.2 Å². The van der Waals surface area contributed by atoms with Gasteiger partial charge in [0.05, 0.1) is 19.1 Å². The van der Waals surface area contributed by atoms with Crippen molar-refractivity contribution >= 4 is 29.2 Å². The highest BCUT2D eigenvalue weighted by molar-refractivity contribution is 6.06. The predicted molar refractivity (Wildman–Crippen MR) is 138 cm³/mol.